The number of likely N-dealkylation sites (N-methyl/N-ethyl adjacent to an activating group) is 1. The van der Waals surface area contributed by atoms with Crippen molar-refractivity contribution in [1.82, 2.24) is 14.7 Å². The van der Waals surface area contributed by atoms with Gasteiger partial charge in [-0.2, -0.15) is 5.10 Å². The molecule has 1 aliphatic heterocycles. The minimum atomic E-state index is 0.118. The van der Waals surface area contributed by atoms with E-state index < -0.39 is 0 Å². The third-order valence-corrected chi connectivity index (χ3v) is 4.18. The summed E-state index contributed by atoms with van der Waals surface area (Å²) in [6.45, 7) is 3.97. The summed E-state index contributed by atoms with van der Waals surface area (Å²) in [6.07, 6.45) is 8.92. The summed E-state index contributed by atoms with van der Waals surface area (Å²) in [5.74, 6) is 0. The summed E-state index contributed by atoms with van der Waals surface area (Å²) < 4.78 is 7.69. The largest absolute Gasteiger partial charge is 0.377 e. The maximum absolute atomic E-state index is 6.35. The lowest BCUT2D eigenvalue weighted by molar-refractivity contribution is -0.0104. The standard InChI is InChI=1S/C15H28N4O/c1-4-14(16)15(12-9-17-19(3)10-12)18(2)11-13-7-5-6-8-20-13/h9-10,13-15H,4-8,11,16H2,1-3H3. The number of aromatic nitrogens is 2. The van der Waals surface area contributed by atoms with Gasteiger partial charge in [0.2, 0.25) is 0 Å². The smallest absolute Gasteiger partial charge is 0.0702 e. The Morgan fingerprint density at radius 2 is 2.35 bits per heavy atom. The highest BCUT2D eigenvalue weighted by molar-refractivity contribution is 5.13. The molecular weight excluding hydrogens is 252 g/mol. The topological polar surface area (TPSA) is 56.3 Å². The molecule has 3 atom stereocenters. The van der Waals surface area contributed by atoms with Crippen molar-refractivity contribution in [2.24, 2.45) is 12.8 Å². The highest BCUT2D eigenvalue weighted by atomic mass is 16.5. The lowest BCUT2D eigenvalue weighted by atomic mass is 9.98. The highest BCUT2D eigenvalue weighted by Gasteiger charge is 2.27. The maximum atomic E-state index is 6.35. The van der Waals surface area contributed by atoms with Crippen LogP contribution >= 0.6 is 0 Å². The fraction of sp³-hybridized carbons (Fsp3) is 0.800. The fourth-order valence-electron chi connectivity index (χ4n) is 3.03. The van der Waals surface area contributed by atoms with Crippen molar-refractivity contribution in [2.45, 2.75) is 50.8 Å². The quantitative estimate of drug-likeness (QED) is 0.861. The maximum Gasteiger partial charge on any atom is 0.0702 e. The molecule has 1 aromatic rings. The molecule has 20 heavy (non-hydrogen) atoms. The van der Waals surface area contributed by atoms with Crippen molar-refractivity contribution in [3.63, 3.8) is 0 Å². The molecule has 5 heteroatoms. The average Bonchev–Trinajstić information content (AvgIpc) is 2.86. The van der Waals surface area contributed by atoms with E-state index >= 15 is 0 Å². The summed E-state index contributed by atoms with van der Waals surface area (Å²) in [7, 11) is 4.09. The molecule has 5 nitrogen and oxygen atoms in total. The predicted octanol–water partition coefficient (Wildman–Crippen LogP) is 1.70. The molecule has 1 saturated heterocycles. The van der Waals surface area contributed by atoms with Gasteiger partial charge in [0.25, 0.3) is 0 Å². The van der Waals surface area contributed by atoms with Crippen molar-refractivity contribution in [2.75, 3.05) is 20.2 Å². The second-order valence-electron chi connectivity index (χ2n) is 5.89. The number of hydrogen-bond acceptors (Lipinski definition) is 4. The van der Waals surface area contributed by atoms with Crippen LogP contribution in [0.5, 0.6) is 0 Å². The molecule has 1 fully saturated rings. The average molecular weight is 280 g/mol. The summed E-state index contributed by atoms with van der Waals surface area (Å²) in [5, 5.41) is 4.29. The van der Waals surface area contributed by atoms with Crippen molar-refractivity contribution in [1.29, 1.82) is 0 Å². The summed E-state index contributed by atoms with van der Waals surface area (Å²) in [4.78, 5) is 2.33. The first-order chi connectivity index (χ1) is 9.61. The van der Waals surface area contributed by atoms with Gasteiger partial charge in [0.15, 0.2) is 0 Å². The Balaban J connectivity index is 2.05. The summed E-state index contributed by atoms with van der Waals surface area (Å²) >= 11 is 0. The zero-order valence-electron chi connectivity index (χ0n) is 13.0. The van der Waals surface area contributed by atoms with Crippen LogP contribution in [0.4, 0.5) is 0 Å². The Morgan fingerprint density at radius 1 is 1.55 bits per heavy atom. The van der Waals surface area contributed by atoms with E-state index in [-0.39, 0.29) is 12.1 Å². The molecule has 0 aromatic carbocycles. The van der Waals surface area contributed by atoms with Gasteiger partial charge >= 0.3 is 0 Å². The Kier molecular flexibility index (Phi) is 5.57. The van der Waals surface area contributed by atoms with Crippen LogP contribution in [0.1, 0.15) is 44.2 Å². The number of ether oxygens (including phenoxy) is 1. The van der Waals surface area contributed by atoms with Crippen molar-refractivity contribution in [3.05, 3.63) is 18.0 Å². The van der Waals surface area contributed by atoms with Gasteiger partial charge < -0.3 is 10.5 Å². The minimum absolute atomic E-state index is 0.118. The molecule has 0 aliphatic carbocycles. The van der Waals surface area contributed by atoms with Crippen LogP contribution in [0, 0.1) is 0 Å². The van der Waals surface area contributed by atoms with Crippen LogP contribution in [0.3, 0.4) is 0 Å². The van der Waals surface area contributed by atoms with Gasteiger partial charge in [-0.25, -0.2) is 0 Å². The number of nitrogens with zero attached hydrogens (tertiary/aromatic N) is 3. The van der Waals surface area contributed by atoms with E-state index in [9.17, 15) is 0 Å². The Hall–Kier alpha value is -0.910. The molecule has 0 bridgehead atoms. The summed E-state index contributed by atoms with van der Waals surface area (Å²) in [5.41, 5.74) is 7.54. The minimum Gasteiger partial charge on any atom is -0.377 e. The van der Waals surface area contributed by atoms with Gasteiger partial charge in [0.05, 0.1) is 18.3 Å². The van der Waals surface area contributed by atoms with Crippen molar-refractivity contribution >= 4 is 0 Å². The van der Waals surface area contributed by atoms with Crippen LogP contribution in [0.15, 0.2) is 12.4 Å². The molecule has 2 N–H and O–H groups in total. The van der Waals surface area contributed by atoms with Gasteiger partial charge in [0.1, 0.15) is 0 Å². The third kappa shape index (κ3) is 3.81. The lowest BCUT2D eigenvalue weighted by Crippen LogP contribution is -2.43. The first-order valence-corrected chi connectivity index (χ1v) is 7.67. The second-order valence-corrected chi connectivity index (χ2v) is 5.89. The van der Waals surface area contributed by atoms with Gasteiger partial charge in [-0.3, -0.25) is 9.58 Å². The highest BCUT2D eigenvalue weighted by Crippen LogP contribution is 2.25. The molecule has 2 rings (SSSR count). The zero-order valence-corrected chi connectivity index (χ0v) is 13.0. The number of rotatable bonds is 6. The van der Waals surface area contributed by atoms with Crippen LogP contribution in [-0.4, -0.2) is 47.0 Å². The normalized spacial score (nSPS) is 22.9. The molecule has 0 radical (unpaired) electrons. The third-order valence-electron chi connectivity index (χ3n) is 4.18. The van der Waals surface area contributed by atoms with Crippen LogP contribution < -0.4 is 5.73 Å². The lowest BCUT2D eigenvalue weighted by Gasteiger charge is -2.35. The molecule has 2 heterocycles. The molecule has 114 valence electrons. The van der Waals surface area contributed by atoms with Crippen molar-refractivity contribution in [3.8, 4) is 0 Å². The van der Waals surface area contributed by atoms with E-state index in [1.54, 1.807) is 0 Å². The van der Waals surface area contributed by atoms with Crippen LogP contribution in [-0.2, 0) is 11.8 Å². The molecule has 0 amide bonds. The Morgan fingerprint density at radius 3 is 2.90 bits per heavy atom. The molecule has 3 unspecified atom stereocenters. The molecule has 0 saturated carbocycles. The van der Waals surface area contributed by atoms with E-state index in [1.807, 2.05) is 17.9 Å². The fourth-order valence-corrected chi connectivity index (χ4v) is 3.03. The predicted molar refractivity (Wildman–Crippen MR) is 80.4 cm³/mol. The monoisotopic (exact) mass is 280 g/mol. The van der Waals surface area contributed by atoms with Gasteiger partial charge in [-0.05, 0) is 32.7 Å². The van der Waals surface area contributed by atoms with E-state index in [0.717, 1.165) is 26.0 Å². The number of hydrogen-bond donors (Lipinski definition) is 1. The Bertz CT molecular complexity index is 400. The molecule has 1 aromatic heterocycles. The zero-order chi connectivity index (χ0) is 14.5. The Labute approximate surface area is 122 Å². The first-order valence-electron chi connectivity index (χ1n) is 7.67. The molecule has 1 aliphatic rings. The first kappa shape index (κ1) is 15.5. The van der Waals surface area contributed by atoms with E-state index in [0.29, 0.717) is 6.10 Å². The van der Waals surface area contributed by atoms with E-state index in [4.69, 9.17) is 10.5 Å². The van der Waals surface area contributed by atoms with Gasteiger partial charge in [-0.1, -0.05) is 6.92 Å². The number of nitrogens with two attached hydrogens (primary N) is 1. The van der Waals surface area contributed by atoms with E-state index in [1.165, 1.54) is 18.4 Å². The molecule has 0 spiro atoms. The number of aryl methyl sites for hydroxylation is 1. The summed E-state index contributed by atoms with van der Waals surface area (Å²) in [6, 6.07) is 0.326. The van der Waals surface area contributed by atoms with Gasteiger partial charge in [0, 0.05) is 38.0 Å². The van der Waals surface area contributed by atoms with Crippen LogP contribution in [0.2, 0.25) is 0 Å². The van der Waals surface area contributed by atoms with Crippen LogP contribution in [0.25, 0.3) is 0 Å². The van der Waals surface area contributed by atoms with Gasteiger partial charge in [-0.15, -0.1) is 0 Å². The second kappa shape index (κ2) is 7.20. The molecular formula is C15H28N4O. The SMILES string of the molecule is CCC(N)C(c1cnn(C)c1)N(C)CC1CCCCO1. The van der Waals surface area contributed by atoms with Crippen molar-refractivity contribution < 1.29 is 4.74 Å². The van der Waals surface area contributed by atoms with E-state index in [2.05, 4.69) is 30.2 Å².